The molecule has 0 aliphatic rings. The predicted molar refractivity (Wildman–Crippen MR) is 110 cm³/mol. The van der Waals surface area contributed by atoms with Crippen molar-refractivity contribution in [1.29, 1.82) is 0 Å². The van der Waals surface area contributed by atoms with Gasteiger partial charge in [0.25, 0.3) is 5.91 Å². The van der Waals surface area contributed by atoms with Crippen LogP contribution in [0.5, 0.6) is 5.75 Å². The third-order valence-electron chi connectivity index (χ3n) is 4.03. The number of thiazole rings is 1. The highest BCUT2D eigenvalue weighted by atomic mass is 79.9. The van der Waals surface area contributed by atoms with Crippen molar-refractivity contribution in [2.24, 2.45) is 0 Å². The summed E-state index contributed by atoms with van der Waals surface area (Å²) in [5, 5.41) is 0.611. The van der Waals surface area contributed by atoms with Crippen molar-refractivity contribution in [3.63, 3.8) is 0 Å². The first-order valence-electron chi connectivity index (χ1n) is 8.20. The molecule has 0 saturated heterocycles. The van der Waals surface area contributed by atoms with E-state index in [1.54, 1.807) is 24.1 Å². The fourth-order valence-corrected chi connectivity index (χ4v) is 3.99. The van der Waals surface area contributed by atoms with Gasteiger partial charge in [0, 0.05) is 0 Å². The Labute approximate surface area is 168 Å². The standard InChI is InChI=1S/C20H15BrN2O3S/c1-25-14-7-8-15-17(11-14)27-20(22-15)23(12-13-5-3-2-4-6-13)19(24)16-9-10-18(21)26-16/h2-11H,12H2,1H3. The quantitative estimate of drug-likeness (QED) is 0.408. The van der Waals surface area contributed by atoms with Crippen molar-refractivity contribution >= 4 is 48.5 Å². The molecule has 1 amide bonds. The van der Waals surface area contributed by atoms with E-state index in [0.717, 1.165) is 21.5 Å². The maximum Gasteiger partial charge on any atom is 0.296 e. The highest BCUT2D eigenvalue weighted by molar-refractivity contribution is 9.10. The minimum absolute atomic E-state index is 0.240. The van der Waals surface area contributed by atoms with Crippen LogP contribution < -0.4 is 9.64 Å². The predicted octanol–water partition coefficient (Wildman–Crippen LogP) is 5.51. The van der Waals surface area contributed by atoms with Gasteiger partial charge in [-0.1, -0.05) is 41.7 Å². The van der Waals surface area contributed by atoms with Crippen LogP contribution in [0.3, 0.4) is 0 Å². The van der Waals surface area contributed by atoms with Crippen LogP contribution in [0.1, 0.15) is 16.1 Å². The molecule has 7 heteroatoms. The van der Waals surface area contributed by atoms with Gasteiger partial charge in [-0.25, -0.2) is 4.98 Å². The van der Waals surface area contributed by atoms with Gasteiger partial charge in [0.2, 0.25) is 0 Å². The molecule has 2 heterocycles. The monoisotopic (exact) mass is 442 g/mol. The van der Waals surface area contributed by atoms with Crippen molar-refractivity contribution < 1.29 is 13.9 Å². The number of carbonyl (C=O) groups excluding carboxylic acids is 1. The Balaban J connectivity index is 1.75. The first-order valence-corrected chi connectivity index (χ1v) is 9.81. The zero-order valence-corrected chi connectivity index (χ0v) is 16.8. The second kappa shape index (κ2) is 7.54. The minimum Gasteiger partial charge on any atom is -0.497 e. The lowest BCUT2D eigenvalue weighted by atomic mass is 10.2. The Morgan fingerprint density at radius 1 is 1.19 bits per heavy atom. The van der Waals surface area contributed by atoms with Crippen molar-refractivity contribution in [3.05, 3.63) is 76.7 Å². The maximum atomic E-state index is 13.1. The van der Waals surface area contributed by atoms with E-state index in [-0.39, 0.29) is 11.7 Å². The highest BCUT2D eigenvalue weighted by Gasteiger charge is 2.24. The normalized spacial score (nSPS) is 10.9. The van der Waals surface area contributed by atoms with Gasteiger partial charge in [0.15, 0.2) is 15.6 Å². The van der Waals surface area contributed by atoms with Gasteiger partial charge in [-0.3, -0.25) is 9.69 Å². The summed E-state index contributed by atoms with van der Waals surface area (Å²) in [7, 11) is 1.63. The zero-order valence-electron chi connectivity index (χ0n) is 14.4. The highest BCUT2D eigenvalue weighted by Crippen LogP contribution is 2.33. The summed E-state index contributed by atoms with van der Waals surface area (Å²) in [6.07, 6.45) is 0. The van der Waals surface area contributed by atoms with Gasteiger partial charge in [0.05, 0.1) is 23.9 Å². The Morgan fingerprint density at radius 3 is 2.70 bits per heavy atom. The number of aromatic nitrogens is 1. The van der Waals surface area contributed by atoms with Crippen molar-refractivity contribution in [2.75, 3.05) is 12.0 Å². The van der Waals surface area contributed by atoms with Crippen LogP contribution in [0, 0.1) is 0 Å². The average molecular weight is 443 g/mol. The molecule has 2 aromatic heterocycles. The van der Waals surface area contributed by atoms with E-state index in [1.165, 1.54) is 11.3 Å². The van der Waals surface area contributed by atoms with E-state index in [4.69, 9.17) is 9.15 Å². The number of halogens is 1. The van der Waals surface area contributed by atoms with Crippen LogP contribution in [-0.2, 0) is 6.54 Å². The molecule has 0 spiro atoms. The van der Waals surface area contributed by atoms with Crippen LogP contribution in [-0.4, -0.2) is 18.0 Å². The Kier molecular flexibility index (Phi) is 4.96. The van der Waals surface area contributed by atoms with Crippen LogP contribution in [0.15, 0.2) is 69.8 Å². The Bertz CT molecular complexity index is 1090. The van der Waals surface area contributed by atoms with Gasteiger partial charge >= 0.3 is 0 Å². The summed E-state index contributed by atoms with van der Waals surface area (Å²) in [6.45, 7) is 0.398. The number of furan rings is 1. The summed E-state index contributed by atoms with van der Waals surface area (Å²) in [5.74, 6) is 0.777. The number of hydrogen-bond donors (Lipinski definition) is 0. The molecule has 4 rings (SSSR count). The van der Waals surface area contributed by atoms with Gasteiger partial charge < -0.3 is 9.15 Å². The van der Waals surface area contributed by atoms with E-state index in [1.807, 2.05) is 48.5 Å². The maximum absolute atomic E-state index is 13.1. The van der Waals surface area contributed by atoms with E-state index < -0.39 is 0 Å². The molecule has 0 atom stereocenters. The van der Waals surface area contributed by atoms with E-state index in [2.05, 4.69) is 20.9 Å². The topological polar surface area (TPSA) is 55.6 Å². The number of ether oxygens (including phenoxy) is 1. The molecule has 0 bridgehead atoms. The third kappa shape index (κ3) is 3.74. The van der Waals surface area contributed by atoms with Gasteiger partial charge in [-0.2, -0.15) is 0 Å². The van der Waals surface area contributed by atoms with Crippen molar-refractivity contribution in [2.45, 2.75) is 6.54 Å². The van der Waals surface area contributed by atoms with Gasteiger partial charge in [-0.15, -0.1) is 0 Å². The number of carbonyl (C=O) groups is 1. The largest absolute Gasteiger partial charge is 0.497 e. The Morgan fingerprint density at radius 2 is 2.00 bits per heavy atom. The van der Waals surface area contributed by atoms with Gasteiger partial charge in [0.1, 0.15) is 5.75 Å². The average Bonchev–Trinajstić information content (AvgIpc) is 3.31. The number of methoxy groups -OCH3 is 1. The number of rotatable bonds is 5. The number of anilines is 1. The smallest absolute Gasteiger partial charge is 0.296 e. The molecule has 2 aromatic carbocycles. The molecule has 0 radical (unpaired) electrons. The molecule has 27 heavy (non-hydrogen) atoms. The molecular formula is C20H15BrN2O3S. The number of amides is 1. The number of nitrogens with zero attached hydrogens (tertiary/aromatic N) is 2. The molecule has 136 valence electrons. The second-order valence-corrected chi connectivity index (χ2v) is 7.60. The lowest BCUT2D eigenvalue weighted by Crippen LogP contribution is -2.30. The van der Waals surface area contributed by atoms with Crippen LogP contribution in [0.2, 0.25) is 0 Å². The second-order valence-electron chi connectivity index (χ2n) is 5.81. The first kappa shape index (κ1) is 17.8. The van der Waals surface area contributed by atoms with E-state index in [0.29, 0.717) is 16.3 Å². The molecule has 0 N–H and O–H groups in total. The van der Waals surface area contributed by atoms with Crippen LogP contribution in [0.25, 0.3) is 10.2 Å². The van der Waals surface area contributed by atoms with E-state index >= 15 is 0 Å². The summed E-state index contributed by atoms with van der Waals surface area (Å²) in [5.41, 5.74) is 1.83. The molecule has 0 fully saturated rings. The fraction of sp³-hybridized carbons (Fsp3) is 0.100. The molecular weight excluding hydrogens is 428 g/mol. The molecule has 5 nitrogen and oxygen atoms in total. The van der Waals surface area contributed by atoms with E-state index in [9.17, 15) is 4.79 Å². The number of fused-ring (bicyclic) bond motifs is 1. The minimum atomic E-state index is -0.240. The molecule has 0 aliphatic heterocycles. The van der Waals surface area contributed by atoms with Crippen LogP contribution in [0.4, 0.5) is 5.13 Å². The van der Waals surface area contributed by atoms with Crippen molar-refractivity contribution in [3.8, 4) is 5.75 Å². The summed E-state index contributed by atoms with van der Waals surface area (Å²) >= 11 is 4.70. The van der Waals surface area contributed by atoms with Crippen molar-refractivity contribution in [1.82, 2.24) is 4.98 Å². The van der Waals surface area contributed by atoms with Gasteiger partial charge in [-0.05, 0) is 51.8 Å². The lowest BCUT2D eigenvalue weighted by molar-refractivity contribution is 0.0957. The SMILES string of the molecule is COc1ccc2nc(N(Cc3ccccc3)C(=O)c3ccc(Br)o3)sc2c1. The molecule has 4 aromatic rings. The zero-order chi connectivity index (χ0) is 18.8. The van der Waals surface area contributed by atoms with Crippen LogP contribution >= 0.6 is 27.3 Å². The lowest BCUT2D eigenvalue weighted by Gasteiger charge is -2.18. The Hall–Kier alpha value is -2.64. The summed E-state index contributed by atoms with van der Waals surface area (Å²) in [4.78, 5) is 19.4. The molecule has 0 unspecified atom stereocenters. The number of hydrogen-bond acceptors (Lipinski definition) is 5. The first-order chi connectivity index (χ1) is 13.1. The summed E-state index contributed by atoms with van der Waals surface area (Å²) in [6, 6.07) is 18.8. The molecule has 0 aliphatic carbocycles. The summed E-state index contributed by atoms with van der Waals surface area (Å²) < 4.78 is 12.2. The number of benzene rings is 2. The third-order valence-corrected chi connectivity index (χ3v) is 5.50. The fourth-order valence-electron chi connectivity index (χ4n) is 2.69. The molecule has 0 saturated carbocycles.